The average molecular weight is 228 g/mol. The van der Waals surface area contributed by atoms with E-state index in [9.17, 15) is 4.79 Å². The Kier molecular flexibility index (Phi) is 2.68. The third-order valence-corrected chi connectivity index (χ3v) is 3.84. The van der Waals surface area contributed by atoms with E-state index < -0.39 is 5.97 Å². The van der Waals surface area contributed by atoms with Crippen LogP contribution in [0.4, 0.5) is 0 Å². The molecular weight excluding hydrogens is 216 g/mol. The fraction of sp³-hybridized carbons (Fsp3) is 0.667. The highest BCUT2D eigenvalue weighted by atomic mass is 32.2. The molecule has 1 aliphatic rings. The summed E-state index contributed by atoms with van der Waals surface area (Å²) in [5, 5.41) is 16.2. The summed E-state index contributed by atoms with van der Waals surface area (Å²) in [6.45, 7) is 2.07. The first-order valence-corrected chi connectivity index (χ1v) is 5.88. The van der Waals surface area contributed by atoms with E-state index in [-0.39, 0.29) is 17.7 Å². The second kappa shape index (κ2) is 3.84. The molecule has 0 amide bonds. The molecule has 0 aromatic carbocycles. The van der Waals surface area contributed by atoms with Gasteiger partial charge in [-0.25, -0.2) is 0 Å². The molecule has 2 heterocycles. The first kappa shape index (κ1) is 10.5. The van der Waals surface area contributed by atoms with Gasteiger partial charge >= 0.3 is 5.97 Å². The molecule has 1 aliphatic heterocycles. The monoisotopic (exact) mass is 228 g/mol. The van der Waals surface area contributed by atoms with Crippen LogP contribution >= 0.6 is 11.8 Å². The highest BCUT2D eigenvalue weighted by Gasteiger charge is 2.36. The minimum atomic E-state index is -0.948. The zero-order valence-electron chi connectivity index (χ0n) is 8.39. The topological polar surface area (TPSA) is 76.2 Å². The number of nitrogens with zero attached hydrogens (tertiary/aromatic N) is 2. The van der Waals surface area contributed by atoms with Crippen molar-refractivity contribution in [2.24, 2.45) is 0 Å². The number of hydrogen-bond acceptors (Lipinski definition) is 5. The third-order valence-electron chi connectivity index (χ3n) is 2.50. The maximum absolute atomic E-state index is 10.4. The molecular formula is C9H12N2O3S. The summed E-state index contributed by atoms with van der Waals surface area (Å²) < 4.78 is 5.36. The predicted octanol–water partition coefficient (Wildman–Crippen LogP) is 1.09. The molecule has 1 aromatic heterocycles. The highest BCUT2D eigenvalue weighted by molar-refractivity contribution is 7.99. The van der Waals surface area contributed by atoms with Crippen molar-refractivity contribution in [3.8, 4) is 0 Å². The molecule has 5 nitrogen and oxygen atoms in total. The molecule has 1 atom stereocenters. The van der Waals surface area contributed by atoms with Gasteiger partial charge in [-0.15, -0.1) is 10.2 Å². The van der Waals surface area contributed by atoms with Gasteiger partial charge in [0.2, 0.25) is 11.8 Å². The van der Waals surface area contributed by atoms with Crippen LogP contribution in [0.3, 0.4) is 0 Å². The van der Waals surface area contributed by atoms with Crippen molar-refractivity contribution in [3.63, 3.8) is 0 Å². The maximum Gasteiger partial charge on any atom is 0.312 e. The number of aromatic nitrogens is 2. The van der Waals surface area contributed by atoms with Crippen molar-refractivity contribution in [1.82, 2.24) is 10.2 Å². The van der Waals surface area contributed by atoms with E-state index in [1.165, 1.54) is 0 Å². The lowest BCUT2D eigenvalue weighted by Crippen LogP contribution is -2.21. The summed E-state index contributed by atoms with van der Waals surface area (Å²) in [5.74, 6) is 1.87. The van der Waals surface area contributed by atoms with Crippen LogP contribution in [-0.2, 0) is 16.6 Å². The molecule has 0 radical (unpaired) electrons. The van der Waals surface area contributed by atoms with E-state index in [1.807, 2.05) is 11.8 Å². The lowest BCUT2D eigenvalue weighted by Gasteiger charge is -2.16. The molecule has 1 unspecified atom stereocenters. The number of thioether (sulfide) groups is 1. The second-order valence-electron chi connectivity index (χ2n) is 3.93. The van der Waals surface area contributed by atoms with E-state index in [4.69, 9.17) is 9.52 Å². The van der Waals surface area contributed by atoms with Gasteiger partial charge in [0, 0.05) is 5.75 Å². The van der Waals surface area contributed by atoms with Crippen LogP contribution in [-0.4, -0.2) is 32.8 Å². The Morgan fingerprint density at radius 2 is 2.47 bits per heavy atom. The molecule has 2 rings (SSSR count). The number of rotatable bonds is 3. The molecule has 82 valence electrons. The van der Waals surface area contributed by atoms with E-state index in [2.05, 4.69) is 17.1 Å². The molecule has 15 heavy (non-hydrogen) atoms. The van der Waals surface area contributed by atoms with Crippen LogP contribution in [0.5, 0.6) is 0 Å². The molecule has 1 fully saturated rings. The molecule has 1 N–H and O–H groups in total. The standard InChI is InChI=1S/C9H12N2O3S/c1-9(2-3-15-5-9)8-11-10-6(14-8)4-7(12)13/h2-5H2,1H3,(H,12,13). The molecule has 1 aromatic rings. The fourth-order valence-corrected chi connectivity index (χ4v) is 2.99. The van der Waals surface area contributed by atoms with Crippen LogP contribution in [0, 0.1) is 0 Å². The Morgan fingerprint density at radius 3 is 3.07 bits per heavy atom. The van der Waals surface area contributed by atoms with Crippen molar-refractivity contribution in [3.05, 3.63) is 11.8 Å². The molecule has 0 aliphatic carbocycles. The van der Waals surface area contributed by atoms with Crippen molar-refractivity contribution < 1.29 is 14.3 Å². The lowest BCUT2D eigenvalue weighted by atomic mass is 9.90. The minimum Gasteiger partial charge on any atom is -0.481 e. The van der Waals surface area contributed by atoms with Crippen LogP contribution in [0.15, 0.2) is 4.42 Å². The zero-order chi connectivity index (χ0) is 10.9. The quantitative estimate of drug-likeness (QED) is 0.834. The summed E-state index contributed by atoms with van der Waals surface area (Å²) >= 11 is 1.85. The molecule has 0 bridgehead atoms. The molecule has 0 spiro atoms. The lowest BCUT2D eigenvalue weighted by molar-refractivity contribution is -0.136. The van der Waals surface area contributed by atoms with Gasteiger partial charge in [-0.1, -0.05) is 0 Å². The number of carboxylic acids is 1. The Labute approximate surface area is 91.3 Å². The Balaban J connectivity index is 2.15. The van der Waals surface area contributed by atoms with E-state index in [0.29, 0.717) is 5.89 Å². The number of aliphatic carboxylic acids is 1. The second-order valence-corrected chi connectivity index (χ2v) is 5.04. The predicted molar refractivity (Wildman–Crippen MR) is 54.9 cm³/mol. The SMILES string of the molecule is CC1(c2nnc(CC(=O)O)o2)CCSC1. The van der Waals surface area contributed by atoms with E-state index >= 15 is 0 Å². The van der Waals surface area contributed by atoms with Crippen molar-refractivity contribution in [2.45, 2.75) is 25.2 Å². The molecule has 1 saturated heterocycles. The van der Waals surface area contributed by atoms with Gasteiger partial charge in [0.25, 0.3) is 0 Å². The largest absolute Gasteiger partial charge is 0.481 e. The van der Waals surface area contributed by atoms with Gasteiger partial charge in [-0.3, -0.25) is 4.79 Å². The zero-order valence-corrected chi connectivity index (χ0v) is 9.21. The normalized spacial score (nSPS) is 25.7. The number of carbonyl (C=O) groups is 1. The van der Waals surface area contributed by atoms with Gasteiger partial charge in [-0.05, 0) is 19.1 Å². The molecule has 6 heteroatoms. The van der Waals surface area contributed by atoms with Gasteiger partial charge in [0.1, 0.15) is 6.42 Å². The summed E-state index contributed by atoms with van der Waals surface area (Å²) in [5.41, 5.74) is -0.0750. The summed E-state index contributed by atoms with van der Waals surface area (Å²) in [4.78, 5) is 10.4. The molecule has 0 saturated carbocycles. The van der Waals surface area contributed by atoms with Crippen molar-refractivity contribution >= 4 is 17.7 Å². The van der Waals surface area contributed by atoms with Gasteiger partial charge in [0.15, 0.2) is 0 Å². The first-order valence-electron chi connectivity index (χ1n) is 4.72. The Morgan fingerprint density at radius 1 is 1.67 bits per heavy atom. The average Bonchev–Trinajstić information content (AvgIpc) is 2.74. The van der Waals surface area contributed by atoms with Crippen molar-refractivity contribution in [2.75, 3.05) is 11.5 Å². The van der Waals surface area contributed by atoms with Gasteiger partial charge in [0.05, 0.1) is 5.41 Å². The van der Waals surface area contributed by atoms with Crippen LogP contribution in [0.25, 0.3) is 0 Å². The summed E-state index contributed by atoms with van der Waals surface area (Å²) in [7, 11) is 0. The van der Waals surface area contributed by atoms with E-state index in [0.717, 1.165) is 17.9 Å². The summed E-state index contributed by atoms with van der Waals surface area (Å²) in [6.07, 6.45) is 0.808. The first-order chi connectivity index (χ1) is 7.10. The number of carboxylic acid groups (broad SMARTS) is 1. The third kappa shape index (κ3) is 2.14. The summed E-state index contributed by atoms with van der Waals surface area (Å²) in [6, 6.07) is 0. The van der Waals surface area contributed by atoms with Gasteiger partial charge in [-0.2, -0.15) is 11.8 Å². The van der Waals surface area contributed by atoms with Crippen LogP contribution in [0.2, 0.25) is 0 Å². The number of hydrogen-bond donors (Lipinski definition) is 1. The van der Waals surface area contributed by atoms with Crippen LogP contribution < -0.4 is 0 Å². The van der Waals surface area contributed by atoms with E-state index in [1.54, 1.807) is 0 Å². The fourth-order valence-electron chi connectivity index (χ4n) is 1.53. The Bertz CT molecular complexity index is 371. The Hall–Kier alpha value is -1.04. The smallest absolute Gasteiger partial charge is 0.312 e. The van der Waals surface area contributed by atoms with Crippen LogP contribution in [0.1, 0.15) is 25.1 Å². The highest BCUT2D eigenvalue weighted by Crippen LogP contribution is 2.37. The minimum absolute atomic E-state index is 0.0750. The van der Waals surface area contributed by atoms with Gasteiger partial charge < -0.3 is 9.52 Å². The van der Waals surface area contributed by atoms with Crippen molar-refractivity contribution in [1.29, 1.82) is 0 Å². The maximum atomic E-state index is 10.4.